The SMILES string of the molecule is COc1cccc([C@H](C(=O)NC2CCCC2)N(C(=O)c2ccco2)c2ccccc2C)c1. The van der Waals surface area contributed by atoms with Crippen LogP contribution in [-0.2, 0) is 4.79 Å². The monoisotopic (exact) mass is 432 g/mol. The fourth-order valence-corrected chi connectivity index (χ4v) is 4.30. The molecule has 2 amide bonds. The summed E-state index contributed by atoms with van der Waals surface area (Å²) in [5.41, 5.74) is 2.21. The third-order valence-corrected chi connectivity index (χ3v) is 5.94. The maximum Gasteiger partial charge on any atom is 0.294 e. The minimum atomic E-state index is -0.885. The Hall–Kier alpha value is -3.54. The Morgan fingerprint density at radius 1 is 1.06 bits per heavy atom. The highest BCUT2D eigenvalue weighted by Crippen LogP contribution is 2.34. The average Bonchev–Trinajstić information content (AvgIpc) is 3.52. The molecule has 1 aliphatic rings. The van der Waals surface area contributed by atoms with E-state index < -0.39 is 6.04 Å². The van der Waals surface area contributed by atoms with Crippen molar-refractivity contribution in [3.8, 4) is 5.75 Å². The molecule has 0 spiro atoms. The van der Waals surface area contributed by atoms with Crippen LogP contribution in [0.1, 0.15) is 53.4 Å². The first-order chi connectivity index (χ1) is 15.6. The Morgan fingerprint density at radius 3 is 2.53 bits per heavy atom. The van der Waals surface area contributed by atoms with E-state index in [-0.39, 0.29) is 23.6 Å². The minimum Gasteiger partial charge on any atom is -0.497 e. The molecular formula is C26H28N2O4. The Kier molecular flexibility index (Phi) is 6.59. The lowest BCUT2D eigenvalue weighted by Gasteiger charge is -2.32. The molecule has 0 saturated heterocycles. The number of methoxy groups -OCH3 is 1. The quantitative estimate of drug-likeness (QED) is 0.568. The van der Waals surface area contributed by atoms with Gasteiger partial charge in [-0.25, -0.2) is 0 Å². The number of hydrogen-bond acceptors (Lipinski definition) is 4. The summed E-state index contributed by atoms with van der Waals surface area (Å²) >= 11 is 0. The van der Waals surface area contributed by atoms with Gasteiger partial charge in [0.05, 0.1) is 13.4 Å². The molecule has 166 valence electrons. The first-order valence-corrected chi connectivity index (χ1v) is 11.0. The van der Waals surface area contributed by atoms with Crippen LogP contribution >= 0.6 is 0 Å². The van der Waals surface area contributed by atoms with Crippen molar-refractivity contribution in [1.82, 2.24) is 5.32 Å². The molecule has 1 heterocycles. The first-order valence-electron chi connectivity index (χ1n) is 11.0. The lowest BCUT2D eigenvalue weighted by atomic mass is 10.0. The van der Waals surface area contributed by atoms with Crippen LogP contribution in [0.4, 0.5) is 5.69 Å². The van der Waals surface area contributed by atoms with Crippen molar-refractivity contribution in [3.05, 3.63) is 83.8 Å². The number of hydrogen-bond donors (Lipinski definition) is 1. The third-order valence-electron chi connectivity index (χ3n) is 5.94. The lowest BCUT2D eigenvalue weighted by Crippen LogP contribution is -2.46. The number of amides is 2. The zero-order chi connectivity index (χ0) is 22.5. The molecule has 1 aliphatic carbocycles. The van der Waals surface area contributed by atoms with Gasteiger partial charge >= 0.3 is 0 Å². The molecule has 4 rings (SSSR count). The highest BCUT2D eigenvalue weighted by molar-refractivity contribution is 6.09. The summed E-state index contributed by atoms with van der Waals surface area (Å²) in [6.07, 6.45) is 5.56. The first kappa shape index (κ1) is 21.7. The Labute approximate surface area is 188 Å². The van der Waals surface area contributed by atoms with Gasteiger partial charge in [0.25, 0.3) is 5.91 Å². The molecule has 1 fully saturated rings. The summed E-state index contributed by atoms with van der Waals surface area (Å²) in [6, 6.07) is 17.4. The molecular weight excluding hydrogens is 404 g/mol. The zero-order valence-electron chi connectivity index (χ0n) is 18.4. The predicted octanol–water partition coefficient (Wildman–Crippen LogP) is 5.04. The number of aryl methyl sites for hydroxylation is 1. The van der Waals surface area contributed by atoms with Crippen LogP contribution in [0.15, 0.2) is 71.3 Å². The van der Waals surface area contributed by atoms with Gasteiger partial charge in [0.15, 0.2) is 5.76 Å². The average molecular weight is 433 g/mol. The van der Waals surface area contributed by atoms with Crippen molar-refractivity contribution in [3.63, 3.8) is 0 Å². The van der Waals surface area contributed by atoms with E-state index in [2.05, 4.69) is 5.32 Å². The van der Waals surface area contributed by atoms with Crippen LogP contribution in [-0.4, -0.2) is 25.0 Å². The van der Waals surface area contributed by atoms with Crippen LogP contribution in [0.2, 0.25) is 0 Å². The number of ether oxygens (including phenoxy) is 1. The van der Waals surface area contributed by atoms with Gasteiger partial charge in [-0.05, 0) is 61.2 Å². The van der Waals surface area contributed by atoms with E-state index >= 15 is 0 Å². The number of anilines is 1. The van der Waals surface area contributed by atoms with E-state index in [1.807, 2.05) is 49.4 Å². The van der Waals surface area contributed by atoms with E-state index in [9.17, 15) is 9.59 Å². The fraction of sp³-hybridized carbons (Fsp3) is 0.308. The summed E-state index contributed by atoms with van der Waals surface area (Å²) in [5, 5.41) is 3.18. The topological polar surface area (TPSA) is 71.8 Å². The van der Waals surface area contributed by atoms with Crippen molar-refractivity contribution < 1.29 is 18.7 Å². The van der Waals surface area contributed by atoms with Crippen LogP contribution in [0, 0.1) is 6.92 Å². The van der Waals surface area contributed by atoms with E-state index in [0.29, 0.717) is 17.0 Å². The molecule has 1 saturated carbocycles. The van der Waals surface area contributed by atoms with Gasteiger partial charge in [0, 0.05) is 11.7 Å². The summed E-state index contributed by atoms with van der Waals surface area (Å²) in [7, 11) is 1.58. The number of furan rings is 1. The molecule has 2 aromatic carbocycles. The zero-order valence-corrected chi connectivity index (χ0v) is 18.4. The second kappa shape index (κ2) is 9.73. The Balaban J connectivity index is 1.84. The minimum absolute atomic E-state index is 0.119. The van der Waals surface area contributed by atoms with Gasteiger partial charge in [0.2, 0.25) is 5.91 Å². The van der Waals surface area contributed by atoms with Crippen molar-refractivity contribution in [2.45, 2.75) is 44.7 Å². The molecule has 0 bridgehead atoms. The van der Waals surface area contributed by atoms with Crippen molar-refractivity contribution >= 4 is 17.5 Å². The number of nitrogens with zero attached hydrogens (tertiary/aromatic N) is 1. The van der Waals surface area contributed by atoms with E-state index in [0.717, 1.165) is 31.2 Å². The van der Waals surface area contributed by atoms with Gasteiger partial charge in [-0.2, -0.15) is 0 Å². The molecule has 1 aromatic heterocycles. The molecule has 1 atom stereocenters. The van der Waals surface area contributed by atoms with Crippen LogP contribution in [0.5, 0.6) is 5.75 Å². The smallest absolute Gasteiger partial charge is 0.294 e. The third kappa shape index (κ3) is 4.54. The highest BCUT2D eigenvalue weighted by Gasteiger charge is 2.36. The second-order valence-electron chi connectivity index (χ2n) is 8.11. The van der Waals surface area contributed by atoms with Crippen molar-refractivity contribution in [2.75, 3.05) is 12.0 Å². The number of carbonyl (C=O) groups excluding carboxylic acids is 2. The summed E-state index contributed by atoms with van der Waals surface area (Å²) in [6.45, 7) is 1.93. The van der Waals surface area contributed by atoms with Crippen LogP contribution in [0.3, 0.4) is 0 Å². The van der Waals surface area contributed by atoms with Crippen LogP contribution in [0.25, 0.3) is 0 Å². The maximum absolute atomic E-state index is 13.7. The normalized spacial score (nSPS) is 14.7. The van der Waals surface area contributed by atoms with Gasteiger partial charge in [-0.15, -0.1) is 0 Å². The molecule has 6 heteroatoms. The highest BCUT2D eigenvalue weighted by atomic mass is 16.5. The molecule has 1 N–H and O–H groups in total. The lowest BCUT2D eigenvalue weighted by molar-refractivity contribution is -0.123. The number of para-hydroxylation sites is 1. The van der Waals surface area contributed by atoms with Gasteiger partial charge in [-0.1, -0.05) is 43.2 Å². The standard InChI is InChI=1S/C26H28N2O4/c1-18-9-3-6-14-22(18)28(26(30)23-15-8-16-32-23)24(19-10-7-13-21(17-19)31-2)25(29)27-20-11-4-5-12-20/h3,6-10,13-17,20,24H,4-5,11-12H2,1-2H3,(H,27,29)/t24-/m1/s1. The molecule has 32 heavy (non-hydrogen) atoms. The largest absolute Gasteiger partial charge is 0.497 e. The number of nitrogens with one attached hydrogen (secondary N) is 1. The second-order valence-corrected chi connectivity index (χ2v) is 8.11. The molecule has 0 unspecified atom stereocenters. The predicted molar refractivity (Wildman–Crippen MR) is 123 cm³/mol. The Morgan fingerprint density at radius 2 is 1.84 bits per heavy atom. The number of carbonyl (C=O) groups is 2. The van der Waals surface area contributed by atoms with Gasteiger partial charge in [-0.3, -0.25) is 14.5 Å². The van der Waals surface area contributed by atoms with E-state index in [1.165, 1.54) is 11.2 Å². The van der Waals surface area contributed by atoms with Gasteiger partial charge in [0.1, 0.15) is 11.8 Å². The molecule has 0 radical (unpaired) electrons. The van der Waals surface area contributed by atoms with E-state index in [4.69, 9.17) is 9.15 Å². The van der Waals surface area contributed by atoms with Gasteiger partial charge < -0.3 is 14.5 Å². The maximum atomic E-state index is 13.7. The van der Waals surface area contributed by atoms with Crippen molar-refractivity contribution in [1.29, 1.82) is 0 Å². The fourth-order valence-electron chi connectivity index (χ4n) is 4.30. The van der Waals surface area contributed by atoms with E-state index in [1.54, 1.807) is 25.3 Å². The summed E-state index contributed by atoms with van der Waals surface area (Å²) < 4.78 is 10.8. The Bertz CT molecular complexity index is 1070. The summed E-state index contributed by atoms with van der Waals surface area (Å²) in [5.74, 6) is 0.207. The number of benzene rings is 2. The molecule has 3 aromatic rings. The van der Waals surface area contributed by atoms with Crippen LogP contribution < -0.4 is 15.0 Å². The van der Waals surface area contributed by atoms with Crippen molar-refractivity contribution in [2.24, 2.45) is 0 Å². The molecule has 0 aliphatic heterocycles. The number of rotatable bonds is 7. The molecule has 6 nitrogen and oxygen atoms in total. The summed E-state index contributed by atoms with van der Waals surface area (Å²) in [4.78, 5) is 28.9.